The maximum absolute atomic E-state index is 5.77. The summed E-state index contributed by atoms with van der Waals surface area (Å²) in [5.74, 6) is 1.47. The number of pyridine rings is 1. The summed E-state index contributed by atoms with van der Waals surface area (Å²) in [6.07, 6.45) is 1.02. The molecule has 2 heterocycles. The van der Waals surface area contributed by atoms with Gasteiger partial charge in [-0.25, -0.2) is 4.98 Å². The average molecular weight is 399 g/mol. The summed E-state index contributed by atoms with van der Waals surface area (Å²) < 4.78 is 11.3. The predicted molar refractivity (Wildman–Crippen MR) is 122 cm³/mol. The summed E-state index contributed by atoms with van der Waals surface area (Å²) in [5.41, 5.74) is 5.75. The van der Waals surface area contributed by atoms with E-state index in [1.54, 1.807) is 14.2 Å². The fourth-order valence-electron chi connectivity index (χ4n) is 4.74. The first-order valence-corrected chi connectivity index (χ1v) is 10.5. The van der Waals surface area contributed by atoms with Crippen molar-refractivity contribution in [3.8, 4) is 22.8 Å². The maximum Gasteiger partial charge on any atom is 0.170 e. The summed E-state index contributed by atoms with van der Waals surface area (Å²) in [5, 5.41) is 3.84. The number of hydrogen-bond donors (Lipinski definition) is 0. The number of fused-ring (bicyclic) bond motifs is 5. The number of hydrogen-bond acceptors (Lipinski definition) is 4. The van der Waals surface area contributed by atoms with E-state index in [0.717, 1.165) is 54.3 Å². The molecule has 30 heavy (non-hydrogen) atoms. The molecule has 0 unspecified atom stereocenters. The van der Waals surface area contributed by atoms with Crippen LogP contribution in [0.25, 0.3) is 32.9 Å². The lowest BCUT2D eigenvalue weighted by Crippen LogP contribution is -2.31. The Morgan fingerprint density at radius 1 is 0.933 bits per heavy atom. The van der Waals surface area contributed by atoms with Gasteiger partial charge in [0.25, 0.3) is 0 Å². The highest BCUT2D eigenvalue weighted by atomic mass is 16.5. The molecule has 0 spiro atoms. The number of benzene rings is 3. The maximum atomic E-state index is 5.77. The van der Waals surface area contributed by atoms with Crippen LogP contribution in [0.5, 0.6) is 11.5 Å². The zero-order chi connectivity index (χ0) is 20.7. The Labute approximate surface area is 177 Å². The van der Waals surface area contributed by atoms with Crippen molar-refractivity contribution in [1.82, 2.24) is 9.88 Å². The van der Waals surface area contributed by atoms with Crippen molar-refractivity contribution < 1.29 is 9.47 Å². The van der Waals surface area contributed by atoms with Gasteiger partial charge in [-0.2, -0.15) is 0 Å². The molecule has 4 nitrogen and oxygen atoms in total. The minimum atomic E-state index is 0.729. The lowest BCUT2D eigenvalue weighted by atomic mass is 9.89. The van der Waals surface area contributed by atoms with Crippen LogP contribution < -0.4 is 9.47 Å². The number of likely N-dealkylation sites (N-methyl/N-ethyl adjacent to an activating group) is 1. The Morgan fingerprint density at radius 3 is 2.60 bits per heavy atom. The fraction of sp³-hybridized carbons (Fsp3) is 0.269. The average Bonchev–Trinajstić information content (AvgIpc) is 2.82. The largest absolute Gasteiger partial charge is 0.493 e. The third kappa shape index (κ3) is 2.91. The first kappa shape index (κ1) is 18.9. The van der Waals surface area contributed by atoms with Crippen LogP contribution in [0, 0.1) is 0 Å². The molecule has 5 rings (SSSR count). The van der Waals surface area contributed by atoms with E-state index >= 15 is 0 Å². The van der Waals surface area contributed by atoms with Gasteiger partial charge in [-0.05, 0) is 53.1 Å². The predicted octanol–water partition coefficient (Wildman–Crippen LogP) is 5.45. The van der Waals surface area contributed by atoms with Crippen LogP contribution in [0.1, 0.15) is 18.1 Å². The minimum absolute atomic E-state index is 0.729. The van der Waals surface area contributed by atoms with Gasteiger partial charge in [0, 0.05) is 24.0 Å². The van der Waals surface area contributed by atoms with E-state index in [9.17, 15) is 0 Å². The van der Waals surface area contributed by atoms with Crippen LogP contribution in [-0.4, -0.2) is 37.2 Å². The van der Waals surface area contributed by atoms with E-state index in [1.165, 1.54) is 27.3 Å². The van der Waals surface area contributed by atoms with Gasteiger partial charge in [-0.1, -0.05) is 43.3 Å². The summed E-state index contributed by atoms with van der Waals surface area (Å²) >= 11 is 0. The molecule has 4 heteroatoms. The van der Waals surface area contributed by atoms with Crippen molar-refractivity contribution in [2.45, 2.75) is 19.9 Å². The van der Waals surface area contributed by atoms with Crippen LogP contribution in [0.3, 0.4) is 0 Å². The van der Waals surface area contributed by atoms with Gasteiger partial charge >= 0.3 is 0 Å². The van der Waals surface area contributed by atoms with Crippen LogP contribution in [0.2, 0.25) is 0 Å². The Morgan fingerprint density at radius 2 is 1.80 bits per heavy atom. The smallest absolute Gasteiger partial charge is 0.170 e. The molecule has 152 valence electrons. The zero-order valence-electron chi connectivity index (χ0n) is 17.7. The number of aromatic nitrogens is 1. The van der Waals surface area contributed by atoms with Crippen molar-refractivity contribution in [2.24, 2.45) is 0 Å². The molecule has 0 amide bonds. The number of ether oxygens (including phenoxy) is 2. The van der Waals surface area contributed by atoms with Crippen LogP contribution >= 0.6 is 0 Å². The van der Waals surface area contributed by atoms with Gasteiger partial charge in [-0.15, -0.1) is 0 Å². The number of nitrogens with zero attached hydrogens (tertiary/aromatic N) is 2. The zero-order valence-corrected chi connectivity index (χ0v) is 17.7. The number of methoxy groups -OCH3 is 2. The lowest BCUT2D eigenvalue weighted by molar-refractivity contribution is 0.269. The monoisotopic (exact) mass is 398 g/mol. The van der Waals surface area contributed by atoms with E-state index in [4.69, 9.17) is 14.5 Å². The van der Waals surface area contributed by atoms with Crippen LogP contribution in [0.15, 0.2) is 54.6 Å². The Balaban J connectivity index is 1.87. The summed E-state index contributed by atoms with van der Waals surface area (Å²) in [7, 11) is 3.37. The Kier molecular flexibility index (Phi) is 4.80. The molecular formula is C26H26N2O2. The molecule has 0 N–H and O–H groups in total. The normalized spacial score (nSPS) is 14.1. The molecule has 0 atom stereocenters. The van der Waals surface area contributed by atoms with Gasteiger partial charge in [0.15, 0.2) is 11.5 Å². The molecule has 0 saturated heterocycles. The van der Waals surface area contributed by atoms with E-state index < -0.39 is 0 Å². The van der Waals surface area contributed by atoms with Gasteiger partial charge in [0.2, 0.25) is 0 Å². The third-order valence-corrected chi connectivity index (χ3v) is 6.26. The SMILES string of the molecule is CCN1CCc2c(c(-c3cccc(OC)c3OC)nc3ccc4ccccc4c23)C1. The van der Waals surface area contributed by atoms with Gasteiger partial charge in [-0.3, -0.25) is 4.90 Å². The van der Waals surface area contributed by atoms with Crippen molar-refractivity contribution >= 4 is 21.7 Å². The van der Waals surface area contributed by atoms with Crippen LogP contribution in [-0.2, 0) is 13.0 Å². The van der Waals surface area contributed by atoms with Crippen molar-refractivity contribution in [2.75, 3.05) is 27.3 Å². The lowest BCUT2D eigenvalue weighted by Gasteiger charge is -2.30. The molecule has 1 aliphatic heterocycles. The Bertz CT molecular complexity index is 1250. The van der Waals surface area contributed by atoms with E-state index in [0.29, 0.717) is 0 Å². The van der Waals surface area contributed by atoms with E-state index in [-0.39, 0.29) is 0 Å². The first-order valence-electron chi connectivity index (χ1n) is 10.5. The van der Waals surface area contributed by atoms with Gasteiger partial charge in [0.1, 0.15) is 0 Å². The number of rotatable bonds is 4. The molecule has 4 aromatic rings. The van der Waals surface area contributed by atoms with Crippen LogP contribution in [0.4, 0.5) is 0 Å². The molecule has 1 aromatic heterocycles. The van der Waals surface area contributed by atoms with Crippen molar-refractivity contribution in [1.29, 1.82) is 0 Å². The Hall–Kier alpha value is -3.11. The van der Waals surface area contributed by atoms with E-state index in [1.807, 2.05) is 12.1 Å². The topological polar surface area (TPSA) is 34.6 Å². The molecule has 0 bridgehead atoms. The quantitative estimate of drug-likeness (QED) is 0.428. The standard InChI is InChI=1S/C26H26N2O2/c1-4-28-15-14-19-21(16-28)25(20-10-7-11-23(29-2)26(20)30-3)27-22-13-12-17-8-5-6-9-18(17)24(19)22/h5-13H,4,14-16H2,1-3H3. The highest BCUT2D eigenvalue weighted by Crippen LogP contribution is 2.42. The minimum Gasteiger partial charge on any atom is -0.493 e. The summed E-state index contributed by atoms with van der Waals surface area (Å²) in [6.45, 7) is 5.22. The van der Waals surface area contributed by atoms with Gasteiger partial charge < -0.3 is 9.47 Å². The third-order valence-electron chi connectivity index (χ3n) is 6.26. The fourth-order valence-corrected chi connectivity index (χ4v) is 4.74. The number of para-hydroxylation sites is 1. The second kappa shape index (κ2) is 7.62. The molecule has 1 aliphatic rings. The summed E-state index contributed by atoms with van der Waals surface area (Å²) in [6, 6.07) is 19.0. The van der Waals surface area contributed by atoms with Gasteiger partial charge in [0.05, 0.1) is 25.4 Å². The second-order valence-corrected chi connectivity index (χ2v) is 7.76. The summed E-state index contributed by atoms with van der Waals surface area (Å²) in [4.78, 5) is 7.68. The molecular weight excluding hydrogens is 372 g/mol. The molecule has 0 fully saturated rings. The second-order valence-electron chi connectivity index (χ2n) is 7.76. The van der Waals surface area contributed by atoms with Crippen molar-refractivity contribution in [3.63, 3.8) is 0 Å². The highest BCUT2D eigenvalue weighted by molar-refractivity contribution is 6.09. The van der Waals surface area contributed by atoms with Crippen molar-refractivity contribution in [3.05, 3.63) is 65.7 Å². The first-order chi connectivity index (χ1) is 14.7. The van der Waals surface area contributed by atoms with E-state index in [2.05, 4.69) is 54.3 Å². The highest BCUT2D eigenvalue weighted by Gasteiger charge is 2.25. The molecule has 3 aromatic carbocycles. The molecule has 0 saturated carbocycles. The molecule has 0 radical (unpaired) electrons. The molecule has 0 aliphatic carbocycles.